The van der Waals surface area contributed by atoms with Gasteiger partial charge in [0.1, 0.15) is 17.2 Å². The van der Waals surface area contributed by atoms with Gasteiger partial charge in [-0.15, -0.1) is 0 Å². The van der Waals surface area contributed by atoms with Crippen molar-refractivity contribution in [3.63, 3.8) is 0 Å². The number of hydrogen-bond donors (Lipinski definition) is 4. The van der Waals surface area contributed by atoms with Crippen molar-refractivity contribution in [3.8, 4) is 0 Å². The fourth-order valence-electron chi connectivity index (χ4n) is 5.34. The van der Waals surface area contributed by atoms with Gasteiger partial charge >= 0.3 is 5.82 Å². The maximum Gasteiger partial charge on any atom is 0.316 e. The van der Waals surface area contributed by atoms with Crippen molar-refractivity contribution < 1.29 is 19.2 Å². The number of halogens is 2. The van der Waals surface area contributed by atoms with Crippen LogP contribution < -0.4 is 16.8 Å². The van der Waals surface area contributed by atoms with Gasteiger partial charge in [0.15, 0.2) is 6.29 Å². The monoisotopic (exact) mass is 535 g/mol. The highest BCUT2D eigenvalue weighted by atomic mass is 35.5. The Hall–Kier alpha value is -3.51. The molecule has 0 radical (unpaired) electrons. The number of nitrogens with two attached hydrogens (primary N) is 2. The van der Waals surface area contributed by atoms with E-state index < -0.39 is 16.3 Å². The summed E-state index contributed by atoms with van der Waals surface area (Å²) in [5, 5.41) is 29.2. The maximum atomic E-state index is 12.5. The third-order valence-corrected chi connectivity index (χ3v) is 7.41. The molecule has 37 heavy (non-hydrogen) atoms. The van der Waals surface area contributed by atoms with Gasteiger partial charge in [-0.2, -0.15) is 5.10 Å². The lowest BCUT2D eigenvalue weighted by molar-refractivity contribution is -0.426. The first-order valence-corrected chi connectivity index (χ1v) is 12.0. The highest BCUT2D eigenvalue weighted by Crippen LogP contribution is 2.54. The Morgan fingerprint density at radius 1 is 1.41 bits per heavy atom. The van der Waals surface area contributed by atoms with Gasteiger partial charge in [-0.1, -0.05) is 11.6 Å². The number of anilines is 2. The van der Waals surface area contributed by atoms with E-state index in [1.54, 1.807) is 20.2 Å². The van der Waals surface area contributed by atoms with Crippen molar-refractivity contribution >= 4 is 35.1 Å². The van der Waals surface area contributed by atoms with E-state index in [4.69, 9.17) is 23.1 Å². The van der Waals surface area contributed by atoms with Gasteiger partial charge in [0.2, 0.25) is 0 Å². The first-order valence-electron chi connectivity index (χ1n) is 11.7. The third kappa shape index (κ3) is 5.91. The third-order valence-electron chi connectivity index (χ3n) is 7.13. The molecule has 0 bridgehead atoms. The van der Waals surface area contributed by atoms with E-state index in [0.717, 1.165) is 30.9 Å². The average Bonchev–Trinajstić information content (AvgIpc) is 3.48. The number of carbonyl (C=O) groups excluding carboxylic acids is 1. The lowest BCUT2D eigenvalue weighted by Gasteiger charge is -2.24. The van der Waals surface area contributed by atoms with Gasteiger partial charge in [0, 0.05) is 32.7 Å². The van der Waals surface area contributed by atoms with Crippen molar-refractivity contribution in [2.24, 2.45) is 29.6 Å². The number of aromatic nitrogens is 2. The number of rotatable bonds is 6. The van der Waals surface area contributed by atoms with Crippen molar-refractivity contribution in [1.82, 2.24) is 9.78 Å². The first-order chi connectivity index (χ1) is 17.4. The number of nitrogens with one attached hydrogen (secondary N) is 1. The molecule has 2 fully saturated rings. The quantitative estimate of drug-likeness (QED) is 0.189. The molecule has 4 rings (SSSR count). The van der Waals surface area contributed by atoms with Gasteiger partial charge in [0.05, 0.1) is 28.1 Å². The molecular formula is C24H31ClFN7O4. The van der Waals surface area contributed by atoms with Crippen LogP contribution in [0.15, 0.2) is 35.1 Å². The van der Waals surface area contributed by atoms with E-state index in [1.165, 1.54) is 23.9 Å². The molecular weight excluding hydrogens is 505 g/mol. The zero-order valence-electron chi connectivity index (χ0n) is 20.8. The predicted molar refractivity (Wildman–Crippen MR) is 140 cm³/mol. The number of nitrogen functional groups attached to an aromatic ring is 1. The fourth-order valence-corrected chi connectivity index (χ4v) is 5.52. The summed E-state index contributed by atoms with van der Waals surface area (Å²) in [5.74, 6) is -0.0438. The van der Waals surface area contributed by atoms with Gasteiger partial charge in [-0.3, -0.25) is 20.2 Å². The van der Waals surface area contributed by atoms with Crippen LogP contribution in [0.5, 0.6) is 0 Å². The Kier molecular flexibility index (Phi) is 8.54. The molecule has 0 aliphatic heterocycles. The minimum absolute atomic E-state index is 0.106. The summed E-state index contributed by atoms with van der Waals surface area (Å²) in [6.07, 6.45) is 4.32. The van der Waals surface area contributed by atoms with Crippen LogP contribution in [-0.4, -0.2) is 51.5 Å². The van der Waals surface area contributed by atoms with E-state index in [2.05, 4.69) is 15.4 Å². The second kappa shape index (κ2) is 11.3. The number of aliphatic hydroxyl groups is 1. The van der Waals surface area contributed by atoms with E-state index in [9.17, 15) is 24.4 Å². The Morgan fingerprint density at radius 3 is 2.51 bits per heavy atom. The van der Waals surface area contributed by atoms with Crippen LogP contribution >= 0.6 is 11.6 Å². The van der Waals surface area contributed by atoms with Crippen molar-refractivity contribution in [2.45, 2.75) is 37.2 Å². The molecule has 1 aromatic heterocycles. The number of benzene rings is 1. The number of aldehydes is 1. The Morgan fingerprint density at radius 2 is 2.03 bits per heavy atom. The predicted octanol–water partition coefficient (Wildman–Crippen LogP) is 3.12. The van der Waals surface area contributed by atoms with Gasteiger partial charge in [-0.05, 0) is 60.6 Å². The second-order valence-corrected chi connectivity index (χ2v) is 9.78. The fraction of sp³-hybridized carbons (Fsp3) is 0.458. The molecule has 2 unspecified atom stereocenters. The number of nitrogens with zero attached hydrogens (tertiary/aromatic N) is 4. The smallest absolute Gasteiger partial charge is 0.316 e. The molecule has 6 N–H and O–H groups in total. The number of carbonyl (C=O) groups is 1. The topological polar surface area (TPSA) is 175 Å². The minimum atomic E-state index is -1.23. The van der Waals surface area contributed by atoms with Crippen molar-refractivity contribution in [3.05, 3.63) is 62.3 Å². The summed E-state index contributed by atoms with van der Waals surface area (Å²) in [7, 11) is 4.95. The van der Waals surface area contributed by atoms with E-state index >= 15 is 0 Å². The second-order valence-electron chi connectivity index (χ2n) is 9.37. The maximum absolute atomic E-state index is 12.5. The number of aryl methyl sites for hydroxylation is 1. The number of aliphatic imine (C=N–C) groups is 1. The van der Waals surface area contributed by atoms with Crippen LogP contribution in [0.25, 0.3) is 0 Å². The lowest BCUT2D eigenvalue weighted by Crippen LogP contribution is -2.36. The lowest BCUT2D eigenvalue weighted by atomic mass is 9.88. The first kappa shape index (κ1) is 28.1. The Balaban J connectivity index is 0.000000319. The van der Waals surface area contributed by atoms with Crippen molar-refractivity contribution in [2.75, 3.05) is 25.1 Å². The molecule has 1 heterocycles. The molecule has 200 valence electrons. The SMILES string of the molecule is CN=C(/C=C(\N)[N+](=O)[O-])C1(O)CC2CC(c3nn(C)c(N)c3C=O)CC2C1.CNc1ccc(F)c(Cl)c1. The van der Waals surface area contributed by atoms with E-state index in [-0.39, 0.29) is 34.3 Å². The number of hydrogen-bond acceptors (Lipinski definition) is 9. The van der Waals surface area contributed by atoms with Crippen LogP contribution in [-0.2, 0) is 7.05 Å². The molecule has 2 atom stereocenters. The van der Waals surface area contributed by atoms with Crippen LogP contribution in [0.4, 0.5) is 15.9 Å². The summed E-state index contributed by atoms with van der Waals surface area (Å²) in [6.45, 7) is 0. The Labute approximate surface area is 218 Å². The molecule has 2 saturated carbocycles. The summed E-state index contributed by atoms with van der Waals surface area (Å²) >= 11 is 5.48. The highest BCUT2D eigenvalue weighted by molar-refractivity contribution is 6.31. The molecule has 2 aliphatic rings. The normalized spacial score (nSPS) is 25.3. The Bertz CT molecular complexity index is 1230. The molecule has 13 heteroatoms. The van der Waals surface area contributed by atoms with Crippen LogP contribution in [0.1, 0.15) is 47.7 Å². The van der Waals surface area contributed by atoms with Crippen LogP contribution in [0.3, 0.4) is 0 Å². The van der Waals surface area contributed by atoms with Gasteiger partial charge < -0.3 is 26.3 Å². The summed E-state index contributed by atoms with van der Waals surface area (Å²) < 4.78 is 14.0. The highest BCUT2D eigenvalue weighted by Gasteiger charge is 2.51. The summed E-state index contributed by atoms with van der Waals surface area (Å²) in [6, 6.07) is 4.49. The molecule has 11 nitrogen and oxygen atoms in total. The molecule has 0 amide bonds. The zero-order valence-corrected chi connectivity index (χ0v) is 21.6. The standard InChI is InChI=1S/C17H24N6O4.C7H7ClFN/c1-20-13(5-14(18)23(26)27)17(25)6-10-3-9(4-11(10)7-17)15-12(8-24)16(19)22(2)21-15;1-10-5-2-3-7(9)6(8)4-5/h5,8-11,25H,3-4,6-7,18-19H2,1-2H3;2-4,10H,1H3/b14-5+,20-13?;. The van der Waals surface area contributed by atoms with E-state index in [1.807, 2.05) is 0 Å². The van der Waals surface area contributed by atoms with Crippen LogP contribution in [0.2, 0.25) is 5.02 Å². The van der Waals surface area contributed by atoms with E-state index in [0.29, 0.717) is 29.9 Å². The van der Waals surface area contributed by atoms with Crippen molar-refractivity contribution in [1.29, 1.82) is 0 Å². The zero-order chi connectivity index (χ0) is 27.5. The largest absolute Gasteiger partial charge is 0.388 e. The van der Waals surface area contributed by atoms with Crippen LogP contribution in [0, 0.1) is 27.8 Å². The molecule has 2 aromatic rings. The molecule has 0 saturated heterocycles. The molecule has 1 aromatic carbocycles. The molecule has 2 aliphatic carbocycles. The molecule has 0 spiro atoms. The number of nitro groups is 1. The minimum Gasteiger partial charge on any atom is -0.388 e. The summed E-state index contributed by atoms with van der Waals surface area (Å²) in [4.78, 5) is 25.5. The average molecular weight is 536 g/mol. The summed E-state index contributed by atoms with van der Waals surface area (Å²) in [5.41, 5.74) is 12.3. The van der Waals surface area contributed by atoms with Gasteiger partial charge in [0.25, 0.3) is 0 Å². The number of fused-ring (bicyclic) bond motifs is 1. The van der Waals surface area contributed by atoms with Gasteiger partial charge in [-0.25, -0.2) is 4.39 Å².